The quantitative estimate of drug-likeness (QED) is 0.786. The van der Waals surface area contributed by atoms with Crippen LogP contribution in [0.25, 0.3) is 0 Å². The number of amides is 1. The average molecular weight is 362 g/mol. The lowest BCUT2D eigenvalue weighted by Crippen LogP contribution is -2.35. The highest BCUT2D eigenvalue weighted by molar-refractivity contribution is 5.68. The predicted molar refractivity (Wildman–Crippen MR) is 96.1 cm³/mol. The highest BCUT2D eigenvalue weighted by atomic mass is 16.6. The fourth-order valence-corrected chi connectivity index (χ4v) is 2.40. The van der Waals surface area contributed by atoms with Crippen LogP contribution in [0.1, 0.15) is 43.8 Å². The summed E-state index contributed by atoms with van der Waals surface area (Å²) in [7, 11) is 1.61. The maximum Gasteiger partial charge on any atom is 0.408 e. The van der Waals surface area contributed by atoms with Crippen molar-refractivity contribution in [3.8, 4) is 5.75 Å². The molecule has 0 aliphatic carbocycles. The Bertz CT molecular complexity index is 703. The summed E-state index contributed by atoms with van der Waals surface area (Å²) < 4.78 is 15.7. The van der Waals surface area contributed by atoms with Gasteiger partial charge in [-0.15, -0.1) is 0 Å². The van der Waals surface area contributed by atoms with Crippen LogP contribution in [0.3, 0.4) is 0 Å². The second-order valence-electron chi connectivity index (χ2n) is 6.94. The van der Waals surface area contributed by atoms with Crippen molar-refractivity contribution < 1.29 is 23.9 Å². The van der Waals surface area contributed by atoms with Crippen molar-refractivity contribution in [3.63, 3.8) is 0 Å². The second-order valence-corrected chi connectivity index (χ2v) is 6.94. The van der Waals surface area contributed by atoms with Crippen molar-refractivity contribution >= 4 is 6.09 Å². The van der Waals surface area contributed by atoms with Crippen molar-refractivity contribution in [2.45, 2.75) is 45.3 Å². The lowest BCUT2D eigenvalue weighted by Gasteiger charge is -2.23. The van der Waals surface area contributed by atoms with Gasteiger partial charge in [0.2, 0.25) is 0 Å². The Morgan fingerprint density at radius 3 is 2.58 bits per heavy atom. The van der Waals surface area contributed by atoms with Crippen LogP contribution in [0.2, 0.25) is 0 Å². The standard InChI is InChI=1S/C19H26N2O5/c1-19(2,3)25-18(23)20-16(17-12-15(9-10-22)26-21-17)11-13-5-7-14(24-4)8-6-13/h5-8,12,16,22H,9-11H2,1-4H3,(H,20,23). The molecular formula is C19H26N2O5. The van der Waals surface area contributed by atoms with E-state index >= 15 is 0 Å². The van der Waals surface area contributed by atoms with Crippen molar-refractivity contribution in [1.82, 2.24) is 10.5 Å². The van der Waals surface area contributed by atoms with E-state index in [4.69, 9.17) is 19.1 Å². The van der Waals surface area contributed by atoms with Crippen LogP contribution in [0.15, 0.2) is 34.9 Å². The molecule has 1 heterocycles. The third-order valence-corrected chi connectivity index (χ3v) is 3.58. The number of nitrogens with one attached hydrogen (secondary N) is 1. The molecule has 0 spiro atoms. The van der Waals surface area contributed by atoms with Crippen molar-refractivity contribution in [2.75, 3.05) is 13.7 Å². The van der Waals surface area contributed by atoms with E-state index in [9.17, 15) is 4.79 Å². The first-order valence-corrected chi connectivity index (χ1v) is 8.49. The molecule has 2 N–H and O–H groups in total. The van der Waals surface area contributed by atoms with Gasteiger partial charge in [-0.25, -0.2) is 4.79 Å². The summed E-state index contributed by atoms with van der Waals surface area (Å²) in [4.78, 5) is 12.2. The lowest BCUT2D eigenvalue weighted by molar-refractivity contribution is 0.0501. The monoisotopic (exact) mass is 362 g/mol. The fraction of sp³-hybridized carbons (Fsp3) is 0.474. The number of methoxy groups -OCH3 is 1. The molecule has 0 bridgehead atoms. The highest BCUT2D eigenvalue weighted by Gasteiger charge is 2.23. The minimum Gasteiger partial charge on any atom is -0.497 e. The molecule has 1 atom stereocenters. The molecule has 0 radical (unpaired) electrons. The Morgan fingerprint density at radius 2 is 2.00 bits per heavy atom. The molecule has 0 aliphatic heterocycles. The Hall–Kier alpha value is -2.54. The Balaban J connectivity index is 2.17. The van der Waals surface area contributed by atoms with Gasteiger partial charge in [-0.05, 0) is 44.9 Å². The van der Waals surface area contributed by atoms with Gasteiger partial charge in [0.25, 0.3) is 0 Å². The number of benzene rings is 1. The summed E-state index contributed by atoms with van der Waals surface area (Å²) in [5.74, 6) is 1.32. The normalized spacial score (nSPS) is 12.5. The summed E-state index contributed by atoms with van der Waals surface area (Å²) >= 11 is 0. The van der Waals surface area contributed by atoms with Gasteiger partial charge in [-0.1, -0.05) is 17.3 Å². The number of aliphatic hydroxyl groups is 1. The first-order chi connectivity index (χ1) is 12.3. The predicted octanol–water partition coefficient (Wildman–Crippen LogP) is 3.03. The third-order valence-electron chi connectivity index (χ3n) is 3.58. The number of hydrogen-bond donors (Lipinski definition) is 2. The number of aromatic nitrogens is 1. The van der Waals surface area contributed by atoms with E-state index < -0.39 is 17.7 Å². The van der Waals surface area contributed by atoms with Gasteiger partial charge < -0.3 is 24.4 Å². The van der Waals surface area contributed by atoms with E-state index in [1.54, 1.807) is 33.9 Å². The number of nitrogens with zero attached hydrogens (tertiary/aromatic N) is 1. The molecule has 1 unspecified atom stereocenters. The molecule has 0 saturated carbocycles. The Morgan fingerprint density at radius 1 is 1.31 bits per heavy atom. The minimum atomic E-state index is -0.597. The topological polar surface area (TPSA) is 93.8 Å². The Kier molecular flexibility index (Phi) is 6.63. The third kappa shape index (κ3) is 6.07. The van der Waals surface area contributed by atoms with Gasteiger partial charge >= 0.3 is 6.09 Å². The molecule has 26 heavy (non-hydrogen) atoms. The van der Waals surface area contributed by atoms with Gasteiger partial charge in [-0.2, -0.15) is 0 Å². The van der Waals surface area contributed by atoms with Crippen molar-refractivity contribution in [1.29, 1.82) is 0 Å². The number of rotatable bonds is 7. The molecule has 1 aromatic carbocycles. The molecule has 0 fully saturated rings. The fourth-order valence-electron chi connectivity index (χ4n) is 2.40. The molecule has 1 amide bonds. The van der Waals surface area contributed by atoms with Crippen molar-refractivity contribution in [2.24, 2.45) is 0 Å². The van der Waals surface area contributed by atoms with Crippen LogP contribution in [-0.2, 0) is 17.6 Å². The largest absolute Gasteiger partial charge is 0.497 e. The smallest absolute Gasteiger partial charge is 0.408 e. The molecule has 142 valence electrons. The molecule has 1 aromatic heterocycles. The van der Waals surface area contributed by atoms with E-state index in [1.807, 2.05) is 24.3 Å². The van der Waals surface area contributed by atoms with E-state index in [0.29, 0.717) is 24.3 Å². The first kappa shape index (κ1) is 19.8. The lowest BCUT2D eigenvalue weighted by atomic mass is 10.0. The van der Waals surface area contributed by atoms with Crippen molar-refractivity contribution in [3.05, 3.63) is 47.3 Å². The van der Waals surface area contributed by atoms with Crippen LogP contribution in [0, 0.1) is 0 Å². The number of aliphatic hydroxyl groups excluding tert-OH is 1. The highest BCUT2D eigenvalue weighted by Crippen LogP contribution is 2.21. The molecule has 7 heteroatoms. The van der Waals surface area contributed by atoms with E-state index in [1.165, 1.54) is 0 Å². The first-order valence-electron chi connectivity index (χ1n) is 8.49. The van der Waals surface area contributed by atoms with Gasteiger partial charge in [0, 0.05) is 12.5 Å². The van der Waals surface area contributed by atoms with Gasteiger partial charge in [-0.3, -0.25) is 0 Å². The second kappa shape index (κ2) is 8.71. The molecular weight excluding hydrogens is 336 g/mol. The van der Waals surface area contributed by atoms with Crippen LogP contribution >= 0.6 is 0 Å². The van der Waals surface area contributed by atoms with Crippen LogP contribution in [0.4, 0.5) is 4.79 Å². The number of hydrogen-bond acceptors (Lipinski definition) is 6. The molecule has 2 rings (SSSR count). The molecule has 7 nitrogen and oxygen atoms in total. The van der Waals surface area contributed by atoms with Gasteiger partial charge in [0.05, 0.1) is 19.8 Å². The number of alkyl carbamates (subject to hydrolysis) is 1. The Labute approximate surface area is 153 Å². The zero-order valence-corrected chi connectivity index (χ0v) is 15.6. The van der Waals surface area contributed by atoms with Crippen LogP contribution in [-0.4, -0.2) is 35.7 Å². The average Bonchev–Trinajstić information content (AvgIpc) is 3.02. The molecule has 2 aromatic rings. The zero-order valence-electron chi connectivity index (χ0n) is 15.6. The number of carbonyl (C=O) groups is 1. The zero-order chi connectivity index (χ0) is 19.2. The van der Waals surface area contributed by atoms with Crippen LogP contribution in [0.5, 0.6) is 5.75 Å². The maximum absolute atomic E-state index is 12.2. The number of ether oxygens (including phenoxy) is 2. The summed E-state index contributed by atoms with van der Waals surface area (Å²) in [5, 5.41) is 15.9. The SMILES string of the molecule is COc1ccc(CC(NC(=O)OC(C)(C)C)c2cc(CCO)on2)cc1. The van der Waals surface area contributed by atoms with Gasteiger partial charge in [0.15, 0.2) is 0 Å². The number of carbonyl (C=O) groups excluding carboxylic acids is 1. The van der Waals surface area contributed by atoms with Crippen LogP contribution < -0.4 is 10.1 Å². The van der Waals surface area contributed by atoms with Gasteiger partial charge in [0.1, 0.15) is 22.8 Å². The van der Waals surface area contributed by atoms with E-state index in [-0.39, 0.29) is 6.61 Å². The minimum absolute atomic E-state index is 0.0305. The summed E-state index contributed by atoms with van der Waals surface area (Å²) in [6.07, 6.45) is 0.353. The molecule has 0 aliphatic rings. The summed E-state index contributed by atoms with van der Waals surface area (Å²) in [6.45, 7) is 5.39. The van der Waals surface area contributed by atoms with E-state index in [2.05, 4.69) is 10.5 Å². The summed E-state index contributed by atoms with van der Waals surface area (Å²) in [6, 6.07) is 8.89. The van der Waals surface area contributed by atoms with E-state index in [0.717, 1.165) is 11.3 Å². The molecule has 0 saturated heterocycles. The summed E-state index contributed by atoms with van der Waals surface area (Å²) in [5.41, 5.74) is 0.981. The maximum atomic E-state index is 12.2.